The Morgan fingerprint density at radius 3 is 2.63 bits per heavy atom. The standard InChI is InChI=1S/C11H19N3O4S/c1-5-12-11(15)18-10-6-9(7-19(4,16)17)13-14(10)8(2)3/h6,8H,5,7H2,1-4H3,(H,12,15). The second-order valence-corrected chi connectivity index (χ2v) is 6.64. The molecule has 1 aromatic rings. The van der Waals surface area contributed by atoms with Crippen LogP contribution in [0.2, 0.25) is 0 Å². The van der Waals surface area contributed by atoms with Gasteiger partial charge in [0, 0.05) is 18.9 Å². The van der Waals surface area contributed by atoms with Gasteiger partial charge in [-0.05, 0) is 20.8 Å². The van der Waals surface area contributed by atoms with Crippen molar-refractivity contribution >= 4 is 15.9 Å². The zero-order valence-electron chi connectivity index (χ0n) is 11.5. The second-order valence-electron chi connectivity index (χ2n) is 4.50. The summed E-state index contributed by atoms with van der Waals surface area (Å²) in [6.07, 6.45) is 0.543. The monoisotopic (exact) mass is 289 g/mol. The number of ether oxygens (including phenoxy) is 1. The second kappa shape index (κ2) is 6.05. The largest absolute Gasteiger partial charge is 0.413 e. The molecule has 1 amide bonds. The number of hydrogen-bond donors (Lipinski definition) is 1. The molecule has 7 nitrogen and oxygen atoms in total. The van der Waals surface area contributed by atoms with Crippen LogP contribution in [0, 0.1) is 0 Å². The van der Waals surface area contributed by atoms with E-state index in [0.717, 1.165) is 6.26 Å². The summed E-state index contributed by atoms with van der Waals surface area (Å²) < 4.78 is 29.1. The molecule has 0 saturated carbocycles. The van der Waals surface area contributed by atoms with Crippen molar-refractivity contribution in [2.45, 2.75) is 32.6 Å². The smallest absolute Gasteiger partial charge is 0.392 e. The molecule has 0 aromatic carbocycles. The third-order valence-corrected chi connectivity index (χ3v) is 2.99. The molecule has 0 aliphatic carbocycles. The van der Waals surface area contributed by atoms with Crippen LogP contribution in [-0.4, -0.2) is 37.1 Å². The molecule has 0 aliphatic heterocycles. The van der Waals surface area contributed by atoms with Gasteiger partial charge in [0.25, 0.3) is 0 Å². The molecule has 0 aliphatic rings. The van der Waals surface area contributed by atoms with E-state index in [0.29, 0.717) is 12.2 Å². The summed E-state index contributed by atoms with van der Waals surface area (Å²) in [5.74, 6) is 0.0537. The van der Waals surface area contributed by atoms with Crippen molar-refractivity contribution in [2.24, 2.45) is 0 Å². The van der Waals surface area contributed by atoms with Crippen molar-refractivity contribution in [1.82, 2.24) is 15.1 Å². The van der Waals surface area contributed by atoms with Gasteiger partial charge >= 0.3 is 6.09 Å². The topological polar surface area (TPSA) is 90.3 Å². The molecule has 1 aromatic heterocycles. The lowest BCUT2D eigenvalue weighted by Gasteiger charge is -2.10. The van der Waals surface area contributed by atoms with Crippen molar-refractivity contribution in [1.29, 1.82) is 0 Å². The first-order chi connectivity index (χ1) is 8.73. The summed E-state index contributed by atoms with van der Waals surface area (Å²) in [5.41, 5.74) is 0.357. The van der Waals surface area contributed by atoms with Crippen LogP contribution in [-0.2, 0) is 15.6 Å². The first kappa shape index (κ1) is 15.5. The lowest BCUT2D eigenvalue weighted by molar-refractivity contribution is 0.195. The number of nitrogens with one attached hydrogen (secondary N) is 1. The Morgan fingerprint density at radius 1 is 1.53 bits per heavy atom. The van der Waals surface area contributed by atoms with Gasteiger partial charge in [0.15, 0.2) is 9.84 Å². The maximum absolute atomic E-state index is 11.4. The van der Waals surface area contributed by atoms with E-state index in [9.17, 15) is 13.2 Å². The van der Waals surface area contributed by atoms with Crippen molar-refractivity contribution in [3.8, 4) is 5.88 Å². The van der Waals surface area contributed by atoms with Gasteiger partial charge in [-0.25, -0.2) is 17.9 Å². The van der Waals surface area contributed by atoms with Crippen LogP contribution in [0.5, 0.6) is 5.88 Å². The maximum atomic E-state index is 11.4. The fraction of sp³-hybridized carbons (Fsp3) is 0.636. The highest BCUT2D eigenvalue weighted by molar-refractivity contribution is 7.89. The average Bonchev–Trinajstić information content (AvgIpc) is 2.58. The van der Waals surface area contributed by atoms with Gasteiger partial charge in [-0.2, -0.15) is 5.10 Å². The van der Waals surface area contributed by atoms with Gasteiger partial charge in [-0.3, -0.25) is 0 Å². The molecule has 0 saturated heterocycles. The molecule has 108 valence electrons. The number of amides is 1. The van der Waals surface area contributed by atoms with E-state index in [1.807, 2.05) is 13.8 Å². The maximum Gasteiger partial charge on any atom is 0.413 e. The summed E-state index contributed by atoms with van der Waals surface area (Å²) >= 11 is 0. The number of hydrogen-bond acceptors (Lipinski definition) is 5. The Kier molecular flexibility index (Phi) is 4.93. The first-order valence-corrected chi connectivity index (χ1v) is 8.00. The molecule has 1 rings (SSSR count). The predicted octanol–water partition coefficient (Wildman–Crippen LogP) is 1.12. The Morgan fingerprint density at radius 2 is 2.16 bits per heavy atom. The minimum absolute atomic E-state index is 0.0438. The van der Waals surface area contributed by atoms with E-state index in [4.69, 9.17) is 4.74 Å². The summed E-state index contributed by atoms with van der Waals surface area (Å²) in [7, 11) is -3.18. The third kappa shape index (κ3) is 4.90. The molecule has 0 spiro atoms. The fourth-order valence-corrected chi connectivity index (χ4v) is 2.16. The van der Waals surface area contributed by atoms with Crippen LogP contribution in [0.1, 0.15) is 32.5 Å². The highest BCUT2D eigenvalue weighted by atomic mass is 32.2. The van der Waals surface area contributed by atoms with Crippen LogP contribution in [0.15, 0.2) is 6.07 Å². The molecular weight excluding hydrogens is 270 g/mol. The highest BCUT2D eigenvalue weighted by Crippen LogP contribution is 2.20. The van der Waals surface area contributed by atoms with Gasteiger partial charge in [0.05, 0.1) is 17.5 Å². The van der Waals surface area contributed by atoms with Crippen LogP contribution in [0.3, 0.4) is 0 Å². The number of carbonyl (C=O) groups excluding carboxylic acids is 1. The first-order valence-electron chi connectivity index (χ1n) is 5.94. The summed E-state index contributed by atoms with van der Waals surface area (Å²) in [4.78, 5) is 11.4. The summed E-state index contributed by atoms with van der Waals surface area (Å²) in [5, 5.41) is 6.64. The van der Waals surface area contributed by atoms with Crippen molar-refractivity contribution in [2.75, 3.05) is 12.8 Å². The van der Waals surface area contributed by atoms with E-state index in [1.165, 1.54) is 10.7 Å². The number of aromatic nitrogens is 2. The van der Waals surface area contributed by atoms with Crippen LogP contribution in [0.4, 0.5) is 4.79 Å². The van der Waals surface area contributed by atoms with E-state index in [-0.39, 0.29) is 17.7 Å². The average molecular weight is 289 g/mol. The van der Waals surface area contributed by atoms with Crippen molar-refractivity contribution < 1.29 is 17.9 Å². The molecule has 0 atom stereocenters. The lowest BCUT2D eigenvalue weighted by atomic mass is 10.4. The lowest BCUT2D eigenvalue weighted by Crippen LogP contribution is -2.27. The van der Waals surface area contributed by atoms with Crippen LogP contribution < -0.4 is 10.1 Å². The molecule has 0 fully saturated rings. The Labute approximate surface area is 112 Å². The molecule has 8 heteroatoms. The van der Waals surface area contributed by atoms with Gasteiger partial charge in [0.1, 0.15) is 0 Å². The molecule has 0 radical (unpaired) electrons. The zero-order valence-corrected chi connectivity index (χ0v) is 12.3. The molecule has 0 bridgehead atoms. The molecule has 0 unspecified atom stereocenters. The van der Waals surface area contributed by atoms with E-state index >= 15 is 0 Å². The van der Waals surface area contributed by atoms with Gasteiger partial charge in [-0.1, -0.05) is 0 Å². The van der Waals surface area contributed by atoms with Crippen LogP contribution >= 0.6 is 0 Å². The zero-order chi connectivity index (χ0) is 14.6. The van der Waals surface area contributed by atoms with Crippen molar-refractivity contribution in [3.63, 3.8) is 0 Å². The van der Waals surface area contributed by atoms with Gasteiger partial charge in [0.2, 0.25) is 5.88 Å². The van der Waals surface area contributed by atoms with Gasteiger partial charge in [-0.15, -0.1) is 0 Å². The molecule has 1 heterocycles. The summed E-state index contributed by atoms with van der Waals surface area (Å²) in [6, 6.07) is 1.42. The molecule has 19 heavy (non-hydrogen) atoms. The Hall–Kier alpha value is -1.57. The quantitative estimate of drug-likeness (QED) is 0.877. The SMILES string of the molecule is CCNC(=O)Oc1cc(CS(C)(=O)=O)nn1C(C)C. The number of nitrogens with zero attached hydrogens (tertiary/aromatic N) is 2. The molecule has 1 N–H and O–H groups in total. The third-order valence-electron chi connectivity index (χ3n) is 2.17. The normalized spacial score (nSPS) is 11.6. The number of rotatable bonds is 5. The van der Waals surface area contributed by atoms with Crippen LogP contribution in [0.25, 0.3) is 0 Å². The number of sulfone groups is 1. The molecular formula is C11H19N3O4S. The van der Waals surface area contributed by atoms with E-state index < -0.39 is 15.9 Å². The Bertz CT molecular complexity index is 548. The van der Waals surface area contributed by atoms with Crippen molar-refractivity contribution in [3.05, 3.63) is 11.8 Å². The highest BCUT2D eigenvalue weighted by Gasteiger charge is 2.17. The summed E-state index contributed by atoms with van der Waals surface area (Å²) in [6.45, 7) is 5.95. The predicted molar refractivity (Wildman–Crippen MR) is 70.9 cm³/mol. The van der Waals surface area contributed by atoms with E-state index in [2.05, 4.69) is 10.4 Å². The minimum atomic E-state index is -3.18. The fourth-order valence-electron chi connectivity index (χ4n) is 1.49. The minimum Gasteiger partial charge on any atom is -0.392 e. The Balaban J connectivity index is 2.98. The number of carbonyl (C=O) groups is 1. The van der Waals surface area contributed by atoms with E-state index in [1.54, 1.807) is 6.92 Å². The van der Waals surface area contributed by atoms with Gasteiger partial charge < -0.3 is 10.1 Å².